The van der Waals surface area contributed by atoms with Crippen LogP contribution in [0.25, 0.3) is 0 Å². The lowest BCUT2D eigenvalue weighted by Gasteiger charge is -2.56. The van der Waals surface area contributed by atoms with Gasteiger partial charge in [-0.3, -0.25) is 9.59 Å². The summed E-state index contributed by atoms with van der Waals surface area (Å²) in [7, 11) is 1.42. The van der Waals surface area contributed by atoms with E-state index < -0.39 is 0 Å². The van der Waals surface area contributed by atoms with Crippen molar-refractivity contribution in [3.8, 4) is 0 Å². The van der Waals surface area contributed by atoms with Gasteiger partial charge in [-0.15, -0.1) is 0 Å². The quantitative estimate of drug-likeness (QED) is 0.710. The van der Waals surface area contributed by atoms with Crippen molar-refractivity contribution in [2.24, 2.45) is 22.7 Å². The molecule has 2 aliphatic carbocycles. The second-order valence-electron chi connectivity index (χ2n) is 6.98. The molecule has 2 saturated carbocycles. The van der Waals surface area contributed by atoms with E-state index in [-0.39, 0.29) is 28.6 Å². The van der Waals surface area contributed by atoms with Crippen LogP contribution in [0.3, 0.4) is 0 Å². The number of esters is 1. The number of carbonyl (C=O) groups excluding carboxylic acids is 2. The number of carbonyl (C=O) groups is 2. The molecule has 0 aromatic rings. The molecule has 3 heteroatoms. The zero-order valence-electron chi connectivity index (χ0n) is 11.9. The SMILES string of the molecule is COC(=O)CC1CCC12CC(C)(C)CC(C)C2=O. The first-order valence-corrected chi connectivity index (χ1v) is 6.92. The molecule has 0 heterocycles. The number of hydrogen-bond acceptors (Lipinski definition) is 3. The third kappa shape index (κ3) is 2.08. The molecule has 3 atom stereocenters. The zero-order chi connectivity index (χ0) is 13.6. The summed E-state index contributed by atoms with van der Waals surface area (Å²) in [5, 5.41) is 0. The normalized spacial score (nSPS) is 38.3. The van der Waals surface area contributed by atoms with E-state index in [1.165, 1.54) is 7.11 Å². The van der Waals surface area contributed by atoms with E-state index in [1.54, 1.807) is 0 Å². The zero-order valence-corrected chi connectivity index (χ0v) is 11.9. The number of ether oxygens (including phenoxy) is 1. The topological polar surface area (TPSA) is 43.4 Å². The van der Waals surface area contributed by atoms with Crippen LogP contribution in [0.5, 0.6) is 0 Å². The van der Waals surface area contributed by atoms with E-state index in [4.69, 9.17) is 4.74 Å². The Morgan fingerprint density at radius 1 is 1.44 bits per heavy atom. The molecule has 0 aliphatic heterocycles. The summed E-state index contributed by atoms with van der Waals surface area (Å²) >= 11 is 0. The molecule has 1 spiro atoms. The fourth-order valence-electron chi connectivity index (χ4n) is 4.26. The lowest BCUT2D eigenvalue weighted by molar-refractivity contribution is -0.161. The standard InChI is InChI=1S/C15H24O3/c1-10-8-14(2,3)9-15(13(10)17)6-5-11(15)7-12(16)18-4/h10-11H,5-9H2,1-4H3. The number of ketones is 1. The van der Waals surface area contributed by atoms with Gasteiger partial charge in [-0.1, -0.05) is 20.8 Å². The highest BCUT2D eigenvalue weighted by Gasteiger charge is 2.58. The summed E-state index contributed by atoms with van der Waals surface area (Å²) in [6.07, 6.45) is 4.26. The van der Waals surface area contributed by atoms with Gasteiger partial charge in [0.05, 0.1) is 7.11 Å². The molecule has 102 valence electrons. The van der Waals surface area contributed by atoms with Crippen molar-refractivity contribution < 1.29 is 14.3 Å². The molecule has 2 fully saturated rings. The molecule has 0 radical (unpaired) electrons. The van der Waals surface area contributed by atoms with Crippen LogP contribution < -0.4 is 0 Å². The van der Waals surface area contributed by atoms with Crippen LogP contribution in [0, 0.1) is 22.7 Å². The Bertz CT molecular complexity index is 372. The number of rotatable bonds is 2. The summed E-state index contributed by atoms with van der Waals surface area (Å²) < 4.78 is 4.75. The Kier molecular flexibility index (Phi) is 3.28. The van der Waals surface area contributed by atoms with Gasteiger partial charge in [0.1, 0.15) is 5.78 Å². The molecule has 2 aliphatic rings. The summed E-state index contributed by atoms with van der Waals surface area (Å²) in [6, 6.07) is 0. The number of Topliss-reactive ketones (excluding diaryl/α,β-unsaturated/α-hetero) is 1. The molecule has 0 saturated heterocycles. The Hall–Kier alpha value is -0.860. The van der Waals surface area contributed by atoms with Gasteiger partial charge in [0.15, 0.2) is 0 Å². The summed E-state index contributed by atoms with van der Waals surface area (Å²) in [4.78, 5) is 24.0. The average molecular weight is 252 g/mol. The average Bonchev–Trinajstić information content (AvgIpc) is 2.28. The highest BCUT2D eigenvalue weighted by molar-refractivity contribution is 5.89. The molecular weight excluding hydrogens is 228 g/mol. The van der Waals surface area contributed by atoms with Gasteiger partial charge >= 0.3 is 5.97 Å². The van der Waals surface area contributed by atoms with Crippen LogP contribution in [0.15, 0.2) is 0 Å². The largest absolute Gasteiger partial charge is 0.469 e. The highest BCUT2D eigenvalue weighted by atomic mass is 16.5. The van der Waals surface area contributed by atoms with E-state index >= 15 is 0 Å². The fourth-order valence-corrected chi connectivity index (χ4v) is 4.26. The van der Waals surface area contributed by atoms with Crippen LogP contribution in [-0.2, 0) is 14.3 Å². The Morgan fingerprint density at radius 3 is 2.61 bits per heavy atom. The molecular formula is C15H24O3. The van der Waals surface area contributed by atoms with Crippen LogP contribution in [0.4, 0.5) is 0 Å². The smallest absolute Gasteiger partial charge is 0.305 e. The lowest BCUT2D eigenvalue weighted by Crippen LogP contribution is -2.55. The van der Waals surface area contributed by atoms with Crippen LogP contribution >= 0.6 is 0 Å². The maximum absolute atomic E-state index is 12.5. The predicted molar refractivity (Wildman–Crippen MR) is 69.0 cm³/mol. The number of methoxy groups -OCH3 is 1. The second kappa shape index (κ2) is 4.36. The van der Waals surface area contributed by atoms with E-state index in [0.717, 1.165) is 25.7 Å². The first-order chi connectivity index (χ1) is 8.31. The van der Waals surface area contributed by atoms with E-state index in [2.05, 4.69) is 13.8 Å². The predicted octanol–water partition coefficient (Wildman–Crippen LogP) is 2.97. The van der Waals surface area contributed by atoms with Gasteiger partial charge in [-0.25, -0.2) is 0 Å². The van der Waals surface area contributed by atoms with Crippen LogP contribution in [0.2, 0.25) is 0 Å². The molecule has 0 aromatic heterocycles. The molecule has 0 aromatic carbocycles. The minimum absolute atomic E-state index is 0.134. The molecule has 2 rings (SSSR count). The van der Waals surface area contributed by atoms with Gasteiger partial charge in [0.25, 0.3) is 0 Å². The third-order valence-corrected chi connectivity index (χ3v) is 4.95. The maximum Gasteiger partial charge on any atom is 0.305 e. The Labute approximate surface area is 109 Å². The fraction of sp³-hybridized carbons (Fsp3) is 0.867. The molecule has 0 N–H and O–H groups in total. The summed E-state index contributed by atoms with van der Waals surface area (Å²) in [6.45, 7) is 6.52. The maximum atomic E-state index is 12.5. The first kappa shape index (κ1) is 13.6. The number of hydrogen-bond donors (Lipinski definition) is 0. The molecule has 18 heavy (non-hydrogen) atoms. The van der Waals surface area contributed by atoms with Crippen molar-refractivity contribution in [1.29, 1.82) is 0 Å². The third-order valence-electron chi connectivity index (χ3n) is 4.95. The molecule has 0 bridgehead atoms. The van der Waals surface area contributed by atoms with Gasteiger partial charge in [-0.2, -0.15) is 0 Å². The molecule has 3 nitrogen and oxygen atoms in total. The van der Waals surface area contributed by atoms with Crippen molar-refractivity contribution in [2.45, 2.75) is 52.9 Å². The van der Waals surface area contributed by atoms with Crippen molar-refractivity contribution in [2.75, 3.05) is 7.11 Å². The van der Waals surface area contributed by atoms with Crippen molar-refractivity contribution in [3.63, 3.8) is 0 Å². The van der Waals surface area contributed by atoms with Crippen molar-refractivity contribution >= 4 is 11.8 Å². The highest BCUT2D eigenvalue weighted by Crippen LogP contribution is 2.60. The lowest BCUT2D eigenvalue weighted by atomic mass is 9.46. The van der Waals surface area contributed by atoms with Crippen LogP contribution in [-0.4, -0.2) is 18.9 Å². The Morgan fingerprint density at radius 2 is 2.11 bits per heavy atom. The van der Waals surface area contributed by atoms with Gasteiger partial charge in [0.2, 0.25) is 0 Å². The Balaban J connectivity index is 2.18. The van der Waals surface area contributed by atoms with E-state index in [1.807, 2.05) is 6.92 Å². The summed E-state index contributed by atoms with van der Waals surface area (Å²) in [5.74, 6) is 0.554. The van der Waals surface area contributed by atoms with Crippen LogP contribution in [0.1, 0.15) is 52.9 Å². The first-order valence-electron chi connectivity index (χ1n) is 6.92. The monoisotopic (exact) mass is 252 g/mol. The van der Waals surface area contributed by atoms with Gasteiger partial charge in [0, 0.05) is 17.8 Å². The molecule has 3 unspecified atom stereocenters. The van der Waals surface area contributed by atoms with E-state index in [0.29, 0.717) is 12.2 Å². The van der Waals surface area contributed by atoms with Crippen molar-refractivity contribution in [3.05, 3.63) is 0 Å². The van der Waals surface area contributed by atoms with Crippen molar-refractivity contribution in [1.82, 2.24) is 0 Å². The van der Waals surface area contributed by atoms with E-state index in [9.17, 15) is 9.59 Å². The van der Waals surface area contributed by atoms with Gasteiger partial charge < -0.3 is 4.74 Å². The summed E-state index contributed by atoms with van der Waals surface area (Å²) in [5.41, 5.74) is -0.0164. The second-order valence-corrected chi connectivity index (χ2v) is 6.98. The minimum Gasteiger partial charge on any atom is -0.469 e. The molecule has 0 amide bonds. The minimum atomic E-state index is -0.227. The van der Waals surface area contributed by atoms with Gasteiger partial charge in [-0.05, 0) is 37.0 Å².